The second kappa shape index (κ2) is 5.07. The zero-order chi connectivity index (χ0) is 12.4. The summed E-state index contributed by atoms with van der Waals surface area (Å²) in [6.45, 7) is 0. The third-order valence-electron chi connectivity index (χ3n) is 4.20. The molecule has 1 aliphatic rings. The Morgan fingerprint density at radius 3 is 2.67 bits per heavy atom. The number of hydrogen-bond donors (Lipinski definition) is 1. The Bertz CT molecular complexity index is 524. The van der Waals surface area contributed by atoms with Crippen molar-refractivity contribution >= 4 is 10.9 Å². The minimum Gasteiger partial charge on any atom is -0.324 e. The minimum atomic E-state index is 0.165. The molecule has 1 atom stereocenters. The fourth-order valence-electron chi connectivity index (χ4n) is 3.16. The zero-order valence-corrected chi connectivity index (χ0v) is 10.7. The van der Waals surface area contributed by atoms with Crippen molar-refractivity contribution in [2.75, 3.05) is 0 Å². The van der Waals surface area contributed by atoms with E-state index in [1.807, 2.05) is 12.3 Å². The highest BCUT2D eigenvalue weighted by Gasteiger charge is 2.23. The van der Waals surface area contributed by atoms with E-state index in [2.05, 4.69) is 29.2 Å². The number of hydrogen-bond acceptors (Lipinski definition) is 2. The molecule has 0 amide bonds. The van der Waals surface area contributed by atoms with Gasteiger partial charge in [0.1, 0.15) is 0 Å². The smallest absolute Gasteiger partial charge is 0.0705 e. The van der Waals surface area contributed by atoms with Gasteiger partial charge >= 0.3 is 0 Å². The molecular formula is C16H20N2. The Labute approximate surface area is 108 Å². The third kappa shape index (κ3) is 2.13. The highest BCUT2D eigenvalue weighted by atomic mass is 14.7. The first kappa shape index (κ1) is 11.7. The van der Waals surface area contributed by atoms with E-state index in [1.54, 1.807) is 0 Å². The van der Waals surface area contributed by atoms with Gasteiger partial charge in [-0.15, -0.1) is 0 Å². The predicted molar refractivity (Wildman–Crippen MR) is 75.2 cm³/mol. The average Bonchev–Trinajstić information content (AvgIpc) is 2.47. The average molecular weight is 240 g/mol. The van der Waals surface area contributed by atoms with Gasteiger partial charge in [-0.25, -0.2) is 0 Å². The summed E-state index contributed by atoms with van der Waals surface area (Å²) in [6.07, 6.45) is 8.49. The van der Waals surface area contributed by atoms with Crippen LogP contribution in [0.25, 0.3) is 10.9 Å². The maximum Gasteiger partial charge on any atom is 0.0705 e. The SMILES string of the molecule is N[C@@H](c1ccnc2ccccc12)C1CCCCC1. The first-order chi connectivity index (χ1) is 8.86. The van der Waals surface area contributed by atoms with Gasteiger partial charge in [-0.2, -0.15) is 0 Å². The molecule has 0 unspecified atom stereocenters. The lowest BCUT2D eigenvalue weighted by Crippen LogP contribution is -2.23. The van der Waals surface area contributed by atoms with Crippen LogP contribution in [0.15, 0.2) is 36.5 Å². The largest absolute Gasteiger partial charge is 0.324 e. The molecule has 0 spiro atoms. The summed E-state index contributed by atoms with van der Waals surface area (Å²) in [5.41, 5.74) is 8.84. The van der Waals surface area contributed by atoms with Crippen LogP contribution >= 0.6 is 0 Å². The number of fused-ring (bicyclic) bond motifs is 1. The van der Waals surface area contributed by atoms with E-state index >= 15 is 0 Å². The Kier molecular flexibility index (Phi) is 3.28. The lowest BCUT2D eigenvalue weighted by Gasteiger charge is -2.28. The molecule has 0 aliphatic heterocycles. The van der Waals surface area contributed by atoms with Gasteiger partial charge in [-0.05, 0) is 36.5 Å². The summed E-state index contributed by atoms with van der Waals surface area (Å²) < 4.78 is 0. The van der Waals surface area contributed by atoms with Gasteiger partial charge in [0.25, 0.3) is 0 Å². The molecule has 1 aromatic heterocycles. The minimum absolute atomic E-state index is 0.165. The molecule has 1 aromatic carbocycles. The molecule has 0 radical (unpaired) electrons. The van der Waals surface area contributed by atoms with Gasteiger partial charge in [-0.1, -0.05) is 37.5 Å². The van der Waals surface area contributed by atoms with Gasteiger partial charge in [0, 0.05) is 17.6 Å². The molecule has 94 valence electrons. The van der Waals surface area contributed by atoms with Crippen LogP contribution in [0.4, 0.5) is 0 Å². The Hall–Kier alpha value is -1.41. The summed E-state index contributed by atoms with van der Waals surface area (Å²) in [5.74, 6) is 0.643. The van der Waals surface area contributed by atoms with Crippen molar-refractivity contribution in [2.45, 2.75) is 38.1 Å². The number of nitrogens with two attached hydrogens (primary N) is 1. The fourth-order valence-corrected chi connectivity index (χ4v) is 3.16. The van der Waals surface area contributed by atoms with E-state index in [1.165, 1.54) is 43.1 Å². The van der Waals surface area contributed by atoms with Gasteiger partial charge in [-0.3, -0.25) is 4.98 Å². The van der Waals surface area contributed by atoms with Crippen molar-refractivity contribution in [1.29, 1.82) is 0 Å². The van der Waals surface area contributed by atoms with Crippen LogP contribution in [0.1, 0.15) is 43.7 Å². The Morgan fingerprint density at radius 1 is 1.06 bits per heavy atom. The molecule has 1 aliphatic carbocycles. The van der Waals surface area contributed by atoms with E-state index in [0.29, 0.717) is 5.92 Å². The number of rotatable bonds is 2. The summed E-state index contributed by atoms with van der Waals surface area (Å²) in [5, 5.41) is 1.22. The van der Waals surface area contributed by atoms with Crippen molar-refractivity contribution in [1.82, 2.24) is 4.98 Å². The number of benzene rings is 1. The number of pyridine rings is 1. The van der Waals surface area contributed by atoms with Crippen LogP contribution in [-0.4, -0.2) is 4.98 Å². The predicted octanol–water partition coefficient (Wildman–Crippen LogP) is 3.81. The maximum absolute atomic E-state index is 6.51. The molecule has 2 N–H and O–H groups in total. The van der Waals surface area contributed by atoms with Crippen molar-refractivity contribution < 1.29 is 0 Å². The maximum atomic E-state index is 6.51. The molecular weight excluding hydrogens is 220 g/mol. The topological polar surface area (TPSA) is 38.9 Å². The van der Waals surface area contributed by atoms with Crippen LogP contribution in [0.5, 0.6) is 0 Å². The Balaban J connectivity index is 1.97. The molecule has 3 rings (SSSR count). The normalized spacial score (nSPS) is 18.9. The molecule has 1 heterocycles. The number of para-hydroxylation sites is 1. The van der Waals surface area contributed by atoms with Crippen LogP contribution in [0, 0.1) is 5.92 Å². The quantitative estimate of drug-likeness (QED) is 0.866. The Morgan fingerprint density at radius 2 is 1.83 bits per heavy atom. The third-order valence-corrected chi connectivity index (χ3v) is 4.20. The molecule has 0 bridgehead atoms. The van der Waals surface area contributed by atoms with Gasteiger partial charge in [0.05, 0.1) is 5.52 Å². The van der Waals surface area contributed by atoms with Crippen molar-refractivity contribution in [3.05, 3.63) is 42.1 Å². The monoisotopic (exact) mass is 240 g/mol. The van der Waals surface area contributed by atoms with Crippen molar-refractivity contribution in [3.63, 3.8) is 0 Å². The lowest BCUT2D eigenvalue weighted by atomic mass is 9.81. The molecule has 2 nitrogen and oxygen atoms in total. The van der Waals surface area contributed by atoms with E-state index < -0.39 is 0 Å². The second-order valence-corrected chi connectivity index (χ2v) is 5.34. The summed E-state index contributed by atoms with van der Waals surface area (Å²) in [4.78, 5) is 4.41. The van der Waals surface area contributed by atoms with Gasteiger partial charge < -0.3 is 5.73 Å². The summed E-state index contributed by atoms with van der Waals surface area (Å²) in [6, 6.07) is 10.6. The first-order valence-corrected chi connectivity index (χ1v) is 6.95. The molecule has 1 saturated carbocycles. The molecule has 18 heavy (non-hydrogen) atoms. The van der Waals surface area contributed by atoms with Crippen molar-refractivity contribution in [2.24, 2.45) is 11.7 Å². The number of nitrogens with zero attached hydrogens (tertiary/aromatic N) is 1. The highest BCUT2D eigenvalue weighted by Crippen LogP contribution is 2.35. The summed E-state index contributed by atoms with van der Waals surface area (Å²) >= 11 is 0. The molecule has 2 heteroatoms. The standard InChI is InChI=1S/C16H20N2/c17-16(12-6-2-1-3-7-12)14-10-11-18-15-9-5-4-8-13(14)15/h4-5,8-12,16H,1-3,6-7,17H2/t16-/m1/s1. The van der Waals surface area contributed by atoms with Gasteiger partial charge in [0.15, 0.2) is 0 Å². The summed E-state index contributed by atoms with van der Waals surface area (Å²) in [7, 11) is 0. The first-order valence-electron chi connectivity index (χ1n) is 6.95. The van der Waals surface area contributed by atoms with Gasteiger partial charge in [0.2, 0.25) is 0 Å². The second-order valence-electron chi connectivity index (χ2n) is 5.34. The molecule has 2 aromatic rings. The zero-order valence-electron chi connectivity index (χ0n) is 10.7. The van der Waals surface area contributed by atoms with E-state index in [9.17, 15) is 0 Å². The highest BCUT2D eigenvalue weighted by molar-refractivity contribution is 5.82. The van der Waals surface area contributed by atoms with Crippen LogP contribution in [0.3, 0.4) is 0 Å². The van der Waals surface area contributed by atoms with Crippen molar-refractivity contribution in [3.8, 4) is 0 Å². The fraction of sp³-hybridized carbons (Fsp3) is 0.438. The van der Waals surface area contributed by atoms with Crippen LogP contribution in [-0.2, 0) is 0 Å². The van der Waals surface area contributed by atoms with E-state index in [4.69, 9.17) is 5.73 Å². The van der Waals surface area contributed by atoms with E-state index in [0.717, 1.165) is 5.52 Å². The van der Waals surface area contributed by atoms with E-state index in [-0.39, 0.29) is 6.04 Å². The molecule has 0 saturated heterocycles. The molecule has 1 fully saturated rings. The lowest BCUT2D eigenvalue weighted by molar-refractivity contribution is 0.309. The number of aromatic nitrogens is 1. The van der Waals surface area contributed by atoms with Crippen LogP contribution < -0.4 is 5.73 Å². The van der Waals surface area contributed by atoms with Crippen LogP contribution in [0.2, 0.25) is 0 Å².